The molecule has 1 aromatic carbocycles. The van der Waals surface area contributed by atoms with E-state index in [1.807, 2.05) is 19.2 Å². The fourth-order valence-electron chi connectivity index (χ4n) is 5.80. The van der Waals surface area contributed by atoms with Gasteiger partial charge in [0.05, 0.1) is 0 Å². The second-order valence-corrected chi connectivity index (χ2v) is 12.4. The molecule has 1 aliphatic carbocycles. The number of nitrogens with zero attached hydrogens (tertiary/aromatic N) is 1. The number of likely N-dealkylation sites (tertiary alicyclic amines) is 1. The summed E-state index contributed by atoms with van der Waals surface area (Å²) in [5.41, 5.74) is 7.68. The summed E-state index contributed by atoms with van der Waals surface area (Å²) < 4.78 is 13.4. The van der Waals surface area contributed by atoms with Crippen molar-refractivity contribution in [1.82, 2.24) is 10.2 Å². The summed E-state index contributed by atoms with van der Waals surface area (Å²) in [6.45, 7) is 20.3. The summed E-state index contributed by atoms with van der Waals surface area (Å²) in [5.74, 6) is 0.557. The molecule has 2 aliphatic rings. The molecule has 0 spiro atoms. The molecule has 2 fully saturated rings. The molecule has 1 saturated carbocycles. The molecule has 1 N–H and O–H groups in total. The highest BCUT2D eigenvalue weighted by molar-refractivity contribution is 5.35. The molecular formula is C33H51FN2. The first kappa shape index (κ1) is 28.9. The predicted molar refractivity (Wildman–Crippen MR) is 154 cm³/mol. The van der Waals surface area contributed by atoms with Crippen LogP contribution in [0.3, 0.4) is 0 Å². The summed E-state index contributed by atoms with van der Waals surface area (Å²) >= 11 is 0. The predicted octanol–water partition coefficient (Wildman–Crippen LogP) is 8.12. The molecule has 1 unspecified atom stereocenters. The Balaban J connectivity index is 1.58. The van der Waals surface area contributed by atoms with E-state index < -0.39 is 0 Å². The lowest BCUT2D eigenvalue weighted by atomic mass is 9.70. The van der Waals surface area contributed by atoms with Gasteiger partial charge < -0.3 is 5.32 Å². The topological polar surface area (TPSA) is 15.3 Å². The van der Waals surface area contributed by atoms with Gasteiger partial charge in [0.15, 0.2) is 0 Å². The minimum Gasteiger partial charge on any atom is -0.320 e. The molecule has 1 saturated heterocycles. The monoisotopic (exact) mass is 494 g/mol. The number of rotatable bonds is 15. The van der Waals surface area contributed by atoms with Crippen molar-refractivity contribution in [3.05, 3.63) is 70.6 Å². The van der Waals surface area contributed by atoms with Gasteiger partial charge in [-0.2, -0.15) is 0 Å². The molecule has 36 heavy (non-hydrogen) atoms. The van der Waals surface area contributed by atoms with Crippen LogP contribution in [0.1, 0.15) is 85.1 Å². The number of halogens is 1. The highest BCUT2D eigenvalue weighted by Crippen LogP contribution is 2.43. The maximum absolute atomic E-state index is 13.4. The zero-order valence-corrected chi connectivity index (χ0v) is 24.0. The zero-order valence-electron chi connectivity index (χ0n) is 24.0. The SMILES string of the molecule is C=C(C)C(C)(CCCC1(CC)CN(CC(/C=C(\Cc2ccc(F)cc2)C2CC2)=C(C)C)C1)CCNC. The first-order valence-corrected chi connectivity index (χ1v) is 14.2. The lowest BCUT2D eigenvalue weighted by Crippen LogP contribution is -2.56. The Morgan fingerprint density at radius 3 is 2.36 bits per heavy atom. The standard InChI is InChI=1S/C33H51FN2/c1-8-33(17-9-16-32(6,26(4)5)18-19-35-7)23-36(24-33)22-30(25(2)3)21-29(28-12-13-28)20-27-10-14-31(34)15-11-27/h10-11,14-15,21,28,35H,4,8-9,12-13,16-20,22-24H2,1-3,5-7H3/b29-21+. The summed E-state index contributed by atoms with van der Waals surface area (Å²) in [5, 5.41) is 3.32. The number of hydrogen-bond acceptors (Lipinski definition) is 2. The molecular weight excluding hydrogens is 443 g/mol. The first-order chi connectivity index (χ1) is 17.1. The summed E-state index contributed by atoms with van der Waals surface area (Å²) in [6.07, 6.45) is 12.3. The molecule has 200 valence electrons. The molecule has 3 rings (SSSR count). The lowest BCUT2D eigenvalue weighted by Gasteiger charge is -2.51. The van der Waals surface area contributed by atoms with Crippen molar-refractivity contribution in [3.8, 4) is 0 Å². The molecule has 1 atom stereocenters. The number of allylic oxidation sites excluding steroid dienone is 3. The Labute approximate surface area is 221 Å². The molecule has 0 bridgehead atoms. The van der Waals surface area contributed by atoms with Crippen LogP contribution in [0.4, 0.5) is 4.39 Å². The van der Waals surface area contributed by atoms with Crippen molar-refractivity contribution < 1.29 is 4.39 Å². The highest BCUT2D eigenvalue weighted by Gasteiger charge is 2.41. The van der Waals surface area contributed by atoms with Gasteiger partial charge in [-0.25, -0.2) is 4.39 Å². The Hall–Kier alpha value is -1.71. The number of nitrogens with one attached hydrogen (secondary N) is 1. The van der Waals surface area contributed by atoms with Crippen molar-refractivity contribution in [2.24, 2.45) is 16.7 Å². The van der Waals surface area contributed by atoms with Crippen LogP contribution in [-0.4, -0.2) is 38.1 Å². The van der Waals surface area contributed by atoms with Crippen LogP contribution in [0.15, 0.2) is 59.2 Å². The van der Waals surface area contributed by atoms with E-state index in [4.69, 9.17) is 0 Å². The Morgan fingerprint density at radius 2 is 1.83 bits per heavy atom. The molecule has 1 heterocycles. The summed E-state index contributed by atoms with van der Waals surface area (Å²) in [4.78, 5) is 2.66. The molecule has 0 amide bonds. The van der Waals surface area contributed by atoms with Gasteiger partial charge >= 0.3 is 0 Å². The smallest absolute Gasteiger partial charge is 0.123 e. The van der Waals surface area contributed by atoms with E-state index in [-0.39, 0.29) is 11.2 Å². The second-order valence-electron chi connectivity index (χ2n) is 12.4. The van der Waals surface area contributed by atoms with Crippen molar-refractivity contribution in [2.45, 2.75) is 86.0 Å². The van der Waals surface area contributed by atoms with E-state index in [2.05, 4.69) is 57.5 Å². The van der Waals surface area contributed by atoms with Gasteiger partial charge in [0.25, 0.3) is 0 Å². The number of benzene rings is 1. The van der Waals surface area contributed by atoms with Crippen molar-refractivity contribution in [3.63, 3.8) is 0 Å². The average Bonchev–Trinajstić information content (AvgIpc) is 3.66. The maximum Gasteiger partial charge on any atom is 0.123 e. The Kier molecular flexibility index (Phi) is 10.2. The van der Waals surface area contributed by atoms with Gasteiger partial charge in [0, 0.05) is 19.6 Å². The van der Waals surface area contributed by atoms with E-state index in [1.165, 1.54) is 85.9 Å². The van der Waals surface area contributed by atoms with Crippen LogP contribution in [-0.2, 0) is 6.42 Å². The van der Waals surface area contributed by atoms with Crippen LogP contribution in [0.25, 0.3) is 0 Å². The molecule has 2 nitrogen and oxygen atoms in total. The van der Waals surface area contributed by atoms with Crippen molar-refractivity contribution in [1.29, 1.82) is 0 Å². The zero-order chi connectivity index (χ0) is 26.3. The van der Waals surface area contributed by atoms with E-state index in [1.54, 1.807) is 12.1 Å². The third-order valence-corrected chi connectivity index (χ3v) is 9.08. The maximum atomic E-state index is 13.4. The van der Waals surface area contributed by atoms with Gasteiger partial charge in [-0.3, -0.25) is 4.90 Å². The Morgan fingerprint density at radius 1 is 1.17 bits per heavy atom. The van der Waals surface area contributed by atoms with E-state index in [0.717, 1.165) is 19.5 Å². The largest absolute Gasteiger partial charge is 0.320 e. The Bertz CT molecular complexity index is 927. The van der Waals surface area contributed by atoms with Gasteiger partial charge in [0.1, 0.15) is 5.82 Å². The van der Waals surface area contributed by atoms with Crippen LogP contribution in [0.5, 0.6) is 0 Å². The van der Waals surface area contributed by atoms with E-state index in [0.29, 0.717) is 11.3 Å². The fourth-order valence-corrected chi connectivity index (χ4v) is 5.80. The summed E-state index contributed by atoms with van der Waals surface area (Å²) in [6, 6.07) is 7.06. The van der Waals surface area contributed by atoms with Gasteiger partial charge in [-0.05, 0) is 119 Å². The lowest BCUT2D eigenvalue weighted by molar-refractivity contribution is -0.00573. The second kappa shape index (κ2) is 12.7. The molecule has 3 heteroatoms. The van der Waals surface area contributed by atoms with Crippen LogP contribution in [0, 0.1) is 22.6 Å². The van der Waals surface area contributed by atoms with E-state index >= 15 is 0 Å². The normalized spacial score (nSPS) is 19.5. The number of hydrogen-bond donors (Lipinski definition) is 1. The summed E-state index contributed by atoms with van der Waals surface area (Å²) in [7, 11) is 2.04. The third kappa shape index (κ3) is 7.89. The van der Waals surface area contributed by atoms with Gasteiger partial charge in [-0.1, -0.05) is 61.8 Å². The average molecular weight is 495 g/mol. The van der Waals surface area contributed by atoms with Gasteiger partial charge in [-0.15, -0.1) is 0 Å². The minimum absolute atomic E-state index is 0.153. The molecule has 0 aromatic heterocycles. The highest BCUT2D eigenvalue weighted by atomic mass is 19.1. The van der Waals surface area contributed by atoms with E-state index in [9.17, 15) is 4.39 Å². The quantitative estimate of drug-likeness (QED) is 0.196. The van der Waals surface area contributed by atoms with Crippen LogP contribution in [0.2, 0.25) is 0 Å². The third-order valence-electron chi connectivity index (χ3n) is 9.08. The molecule has 1 aliphatic heterocycles. The van der Waals surface area contributed by atoms with Crippen molar-refractivity contribution in [2.75, 3.05) is 33.2 Å². The van der Waals surface area contributed by atoms with Crippen molar-refractivity contribution >= 4 is 0 Å². The van der Waals surface area contributed by atoms with Gasteiger partial charge in [0.2, 0.25) is 0 Å². The van der Waals surface area contributed by atoms with Crippen LogP contribution < -0.4 is 5.32 Å². The minimum atomic E-state index is -0.153. The molecule has 1 aromatic rings. The van der Waals surface area contributed by atoms with Crippen LogP contribution >= 0.6 is 0 Å². The molecule has 0 radical (unpaired) electrons. The fraction of sp³-hybridized carbons (Fsp3) is 0.636. The first-order valence-electron chi connectivity index (χ1n) is 14.2.